The SMILES string of the molecule is Bc1c(B)c(-c2ncnc3c2oc2ccc(-n4c5c(B)c(B)c(B)c(B)c5c5c(B)c6c(c(B)c54)C(C)(C)c4c(B)c(B)c(B)c(B)c4-6)cc23)c(B)c(-c2c(B)c(B)c(B)c3c2oc2c(B)c(B)c(B)c(B)c23)c1B. The molecule has 1 aliphatic rings. The minimum Gasteiger partial charge on any atom is -0.456 e. The second kappa shape index (κ2) is 16.5. The summed E-state index contributed by atoms with van der Waals surface area (Å²) in [6, 6.07) is 6.77. The van der Waals surface area contributed by atoms with Crippen molar-refractivity contribution in [1.29, 1.82) is 0 Å². The predicted molar refractivity (Wildman–Crippen MR) is 391 cm³/mol. The maximum atomic E-state index is 7.19. The van der Waals surface area contributed by atoms with Crippen LogP contribution in [0.15, 0.2) is 33.4 Å². The largest absolute Gasteiger partial charge is 0.456 e. The van der Waals surface area contributed by atoms with Crippen molar-refractivity contribution in [2.45, 2.75) is 19.3 Å². The fraction of sp³-hybridized carbons (Fsp3) is 0.0612. The van der Waals surface area contributed by atoms with Crippen LogP contribution >= 0.6 is 0 Å². The van der Waals surface area contributed by atoms with Crippen molar-refractivity contribution in [2.24, 2.45) is 0 Å². The fourth-order valence-corrected chi connectivity index (χ4v) is 15.0. The average molecular weight is 942 g/mol. The molecule has 4 aromatic heterocycles. The molecular weight excluding hydrogens is 890 g/mol. The van der Waals surface area contributed by atoms with E-state index >= 15 is 0 Å². The summed E-state index contributed by atoms with van der Waals surface area (Å²) in [4.78, 5) is 10.3. The topological polar surface area (TPSA) is 57.0 Å². The van der Waals surface area contributed by atoms with Gasteiger partial charge in [-0.25, -0.2) is 9.97 Å². The van der Waals surface area contributed by atoms with Crippen LogP contribution < -0.4 is 115 Å². The summed E-state index contributed by atoms with van der Waals surface area (Å²) in [5, 5.41) is 6.15. The van der Waals surface area contributed by atoms with E-state index in [4.69, 9.17) is 18.8 Å². The van der Waals surface area contributed by atoms with Gasteiger partial charge in [0.05, 0.1) is 0 Å². The van der Waals surface area contributed by atoms with Gasteiger partial charge in [-0.15, -0.1) is 27.3 Å². The molecule has 11 aromatic rings. The van der Waals surface area contributed by atoms with Crippen molar-refractivity contribution < 1.29 is 8.83 Å². The number of benzene rings is 7. The Kier molecular flexibility index (Phi) is 11.0. The standard InChI is InChI=1S/C49H52B21N3O2/c1-49(2)19-11(23(52)34(63)37(66)30(19)59)10-20(49)31(60)44-13(21(10)50)14-25(54)35(64)38(67)40(69)45(14)73(44)7-3-4-9-8(5-7)42-48(74-9)43(72-6-71-42)18-22(51)12(24(53)32(61)29(18)58)15-26(55)33(62)27(56)16-17-28(57)36(65)39(68)41(70)47(17)75-46(15)16/h3-6H,50-70H2,1-2H3. The molecule has 0 bridgehead atoms. The molecule has 1 aliphatic carbocycles. The lowest BCUT2D eigenvalue weighted by Crippen LogP contribution is -2.51. The van der Waals surface area contributed by atoms with E-state index in [0.29, 0.717) is 5.58 Å². The molecule has 0 spiro atoms. The van der Waals surface area contributed by atoms with Crippen LogP contribution in [0.1, 0.15) is 25.0 Å². The Bertz CT molecular complexity index is 4590. The van der Waals surface area contributed by atoms with Crippen LogP contribution in [-0.4, -0.2) is 179 Å². The molecule has 5 nitrogen and oxygen atoms in total. The molecule has 338 valence electrons. The first-order valence-corrected chi connectivity index (χ1v) is 27.2. The number of aromatic nitrogens is 3. The van der Waals surface area contributed by atoms with E-state index in [1.807, 2.05) is 0 Å². The van der Waals surface area contributed by atoms with Crippen LogP contribution in [0.25, 0.3) is 105 Å². The highest BCUT2D eigenvalue weighted by Gasteiger charge is 2.42. The number of rotatable bonds is 3. The van der Waals surface area contributed by atoms with E-state index in [9.17, 15) is 0 Å². The Labute approximate surface area is 459 Å². The average Bonchev–Trinajstić information content (AvgIpc) is 4.16. The van der Waals surface area contributed by atoms with E-state index in [0.717, 1.165) is 50.1 Å². The number of furan rings is 2. The zero-order valence-corrected chi connectivity index (χ0v) is 49.0. The molecule has 4 heterocycles. The van der Waals surface area contributed by atoms with Gasteiger partial charge in [0.2, 0.25) is 0 Å². The van der Waals surface area contributed by atoms with E-state index in [2.05, 4.69) is 201 Å². The summed E-state index contributed by atoms with van der Waals surface area (Å²) in [6.07, 6.45) is 1.74. The molecule has 0 amide bonds. The molecule has 0 N–H and O–H groups in total. The summed E-state index contributed by atoms with van der Waals surface area (Å²) in [5.74, 6) is 0. The third-order valence-corrected chi connectivity index (χ3v) is 20.5. The quantitative estimate of drug-likeness (QED) is 0.166. The monoisotopic (exact) mass is 946 g/mol. The lowest BCUT2D eigenvalue weighted by atomic mass is 9.60. The maximum absolute atomic E-state index is 7.19. The van der Waals surface area contributed by atoms with Gasteiger partial charge in [0.25, 0.3) is 0 Å². The minimum absolute atomic E-state index is 0.188. The molecule has 0 saturated carbocycles. The van der Waals surface area contributed by atoms with Gasteiger partial charge in [0.1, 0.15) is 199 Å². The Balaban J connectivity index is 1.13. The smallest absolute Gasteiger partial charge is 0.180 e. The molecule has 12 rings (SSSR count). The zero-order chi connectivity index (χ0) is 54.0. The van der Waals surface area contributed by atoms with Gasteiger partial charge in [0.15, 0.2) is 5.58 Å². The van der Waals surface area contributed by atoms with Gasteiger partial charge in [-0.3, -0.25) is 0 Å². The number of hydrogen-bond donors (Lipinski definition) is 0. The number of fused-ring (bicyclic) bond motifs is 12. The summed E-state index contributed by atoms with van der Waals surface area (Å²) in [6.45, 7) is 4.92. The highest BCUT2D eigenvalue weighted by Crippen LogP contribution is 2.47. The molecule has 26 heteroatoms. The van der Waals surface area contributed by atoms with Gasteiger partial charge in [0, 0.05) is 49.2 Å². The minimum atomic E-state index is -0.188. The Morgan fingerprint density at radius 3 is 1.51 bits per heavy atom. The van der Waals surface area contributed by atoms with Gasteiger partial charge in [-0.1, -0.05) is 101 Å². The predicted octanol–water partition coefficient (Wildman–Crippen LogP) is -23.6. The summed E-state index contributed by atoms with van der Waals surface area (Å²) >= 11 is 0. The molecule has 0 radical (unpaired) electrons. The van der Waals surface area contributed by atoms with Crippen LogP contribution in [0, 0.1) is 0 Å². The van der Waals surface area contributed by atoms with E-state index in [-0.39, 0.29) is 5.41 Å². The molecule has 7 aromatic carbocycles. The zero-order valence-electron chi connectivity index (χ0n) is 49.0. The van der Waals surface area contributed by atoms with E-state index in [1.54, 1.807) is 6.33 Å². The molecule has 0 unspecified atom stereocenters. The normalized spacial score (nSPS) is 13.1. The van der Waals surface area contributed by atoms with Gasteiger partial charge >= 0.3 is 0 Å². The first kappa shape index (κ1) is 50.2. The van der Waals surface area contributed by atoms with Gasteiger partial charge in [-0.05, 0) is 57.0 Å². The van der Waals surface area contributed by atoms with Crippen LogP contribution in [0.3, 0.4) is 0 Å². The van der Waals surface area contributed by atoms with Crippen molar-refractivity contribution in [2.75, 3.05) is 0 Å². The summed E-state index contributed by atoms with van der Waals surface area (Å²) < 4.78 is 16.8. The van der Waals surface area contributed by atoms with Crippen molar-refractivity contribution in [3.63, 3.8) is 0 Å². The van der Waals surface area contributed by atoms with Crippen molar-refractivity contribution in [3.8, 4) is 39.2 Å². The summed E-state index contributed by atoms with van der Waals surface area (Å²) in [5.41, 5.74) is 45.3. The first-order valence-electron chi connectivity index (χ1n) is 27.2. The van der Waals surface area contributed by atoms with Crippen molar-refractivity contribution in [3.05, 3.63) is 35.7 Å². The van der Waals surface area contributed by atoms with E-state index in [1.165, 1.54) is 175 Å². The summed E-state index contributed by atoms with van der Waals surface area (Å²) in [7, 11) is 48.2. The Morgan fingerprint density at radius 1 is 0.373 bits per heavy atom. The number of nitrogens with zero attached hydrogens (tertiary/aromatic N) is 3. The molecular formula is C49H52B21N3O2. The third-order valence-electron chi connectivity index (χ3n) is 20.5. The van der Waals surface area contributed by atoms with E-state index < -0.39 is 0 Å². The molecule has 0 atom stereocenters. The second-order valence-electron chi connectivity index (χ2n) is 23.9. The first-order chi connectivity index (χ1) is 35.3. The Morgan fingerprint density at radius 2 is 0.840 bits per heavy atom. The highest BCUT2D eigenvalue weighted by molar-refractivity contribution is 6.72. The highest BCUT2D eigenvalue weighted by atomic mass is 16.3. The lowest BCUT2D eigenvalue weighted by Gasteiger charge is -2.28. The van der Waals surface area contributed by atoms with Gasteiger partial charge < -0.3 is 13.4 Å². The van der Waals surface area contributed by atoms with Crippen LogP contribution in [0.5, 0.6) is 0 Å². The Hall–Kier alpha value is -5.62. The maximum Gasteiger partial charge on any atom is 0.180 e. The lowest BCUT2D eigenvalue weighted by molar-refractivity contribution is 0.667. The molecule has 75 heavy (non-hydrogen) atoms. The third kappa shape index (κ3) is 6.15. The van der Waals surface area contributed by atoms with Gasteiger partial charge in [-0.2, -0.15) is 0 Å². The van der Waals surface area contributed by atoms with Crippen LogP contribution in [-0.2, 0) is 5.41 Å². The second-order valence-corrected chi connectivity index (χ2v) is 23.9. The molecule has 0 aliphatic heterocycles. The van der Waals surface area contributed by atoms with Crippen molar-refractivity contribution in [1.82, 2.24) is 14.5 Å². The fourth-order valence-electron chi connectivity index (χ4n) is 15.0. The molecule has 0 fully saturated rings. The van der Waals surface area contributed by atoms with Crippen LogP contribution in [0.2, 0.25) is 0 Å². The van der Waals surface area contributed by atoms with Crippen LogP contribution in [0.4, 0.5) is 0 Å². The number of hydrogen-bond acceptors (Lipinski definition) is 4. The molecule has 0 saturated heterocycles. The van der Waals surface area contributed by atoms with Crippen molar-refractivity contribution >= 4 is 345 Å².